The van der Waals surface area contributed by atoms with Crippen LogP contribution in [0, 0.1) is 11.3 Å². The second-order valence-electron chi connectivity index (χ2n) is 11.0. The standard InChI is InChI=1S/C29H38N2O3/c1-5-6-19-7-9-20(10-8-19)23-15-22-17-29(2,3)27(24(22)16-25(23)33-4)30-28(32)34-26-18-31-13-11-21(26)12-14-31/h7-10,15-16,21,26-27H,5-6,11-14,17-18H2,1-4H3,(H,30,32)/t26-,27?/m1/s1. The minimum absolute atomic E-state index is 0.0130. The molecule has 3 aliphatic heterocycles. The van der Waals surface area contributed by atoms with E-state index in [0.29, 0.717) is 5.92 Å². The summed E-state index contributed by atoms with van der Waals surface area (Å²) >= 11 is 0. The van der Waals surface area contributed by atoms with Crippen molar-refractivity contribution in [3.8, 4) is 16.9 Å². The van der Waals surface area contributed by atoms with Crippen molar-refractivity contribution in [3.63, 3.8) is 0 Å². The maximum absolute atomic E-state index is 13.0. The molecule has 2 aromatic carbocycles. The van der Waals surface area contributed by atoms with E-state index in [4.69, 9.17) is 9.47 Å². The number of ether oxygens (including phenoxy) is 2. The quantitative estimate of drug-likeness (QED) is 0.593. The van der Waals surface area contributed by atoms with E-state index >= 15 is 0 Å². The molecule has 182 valence electrons. The zero-order valence-corrected chi connectivity index (χ0v) is 21.0. The Morgan fingerprint density at radius 2 is 1.88 bits per heavy atom. The Hall–Kier alpha value is -2.53. The van der Waals surface area contributed by atoms with Crippen molar-refractivity contribution in [2.75, 3.05) is 26.7 Å². The van der Waals surface area contributed by atoms with Crippen LogP contribution in [0.3, 0.4) is 0 Å². The van der Waals surface area contributed by atoms with Crippen molar-refractivity contribution in [1.29, 1.82) is 0 Å². The van der Waals surface area contributed by atoms with Crippen LogP contribution in [0.15, 0.2) is 36.4 Å². The Morgan fingerprint density at radius 3 is 2.50 bits per heavy atom. The van der Waals surface area contributed by atoms with Gasteiger partial charge in [-0.25, -0.2) is 4.79 Å². The number of hydrogen-bond acceptors (Lipinski definition) is 4. The fourth-order valence-corrected chi connectivity index (χ4v) is 6.22. The summed E-state index contributed by atoms with van der Waals surface area (Å²) in [5.41, 5.74) is 5.93. The molecular weight excluding hydrogens is 424 g/mol. The molecule has 4 aliphatic rings. The Balaban J connectivity index is 1.37. The summed E-state index contributed by atoms with van der Waals surface area (Å²) in [5.74, 6) is 1.35. The van der Waals surface area contributed by atoms with Gasteiger partial charge in [0.2, 0.25) is 0 Å². The second-order valence-corrected chi connectivity index (χ2v) is 11.0. The lowest BCUT2D eigenvalue weighted by molar-refractivity contribution is -0.0349. The lowest BCUT2D eigenvalue weighted by Crippen LogP contribution is -2.53. The number of alkyl carbamates (subject to hydrolysis) is 1. The molecule has 34 heavy (non-hydrogen) atoms. The fourth-order valence-electron chi connectivity index (χ4n) is 6.22. The summed E-state index contributed by atoms with van der Waals surface area (Å²) in [7, 11) is 1.72. The van der Waals surface area contributed by atoms with Gasteiger partial charge in [-0.15, -0.1) is 0 Å². The largest absolute Gasteiger partial charge is 0.496 e. The van der Waals surface area contributed by atoms with Crippen LogP contribution in [-0.4, -0.2) is 43.8 Å². The Morgan fingerprint density at radius 1 is 1.15 bits per heavy atom. The average Bonchev–Trinajstić information content (AvgIpc) is 3.08. The van der Waals surface area contributed by atoms with Gasteiger partial charge in [-0.3, -0.25) is 4.90 Å². The first-order valence-corrected chi connectivity index (χ1v) is 12.9. The number of methoxy groups -OCH3 is 1. The predicted octanol–water partition coefficient (Wildman–Crippen LogP) is 5.76. The van der Waals surface area contributed by atoms with Gasteiger partial charge in [0, 0.05) is 12.1 Å². The average molecular weight is 463 g/mol. The van der Waals surface area contributed by atoms with Crippen molar-refractivity contribution in [2.45, 2.75) is 65.0 Å². The van der Waals surface area contributed by atoms with Crippen molar-refractivity contribution < 1.29 is 14.3 Å². The predicted molar refractivity (Wildman–Crippen MR) is 135 cm³/mol. The molecule has 1 N–H and O–H groups in total. The van der Waals surface area contributed by atoms with Gasteiger partial charge in [-0.05, 0) is 84.5 Å². The van der Waals surface area contributed by atoms with E-state index in [0.717, 1.165) is 74.2 Å². The molecule has 5 nitrogen and oxygen atoms in total. The smallest absolute Gasteiger partial charge is 0.407 e. The third-order valence-corrected chi connectivity index (χ3v) is 8.12. The molecule has 3 saturated heterocycles. The number of hydrogen-bond donors (Lipinski definition) is 1. The van der Waals surface area contributed by atoms with E-state index in [9.17, 15) is 4.79 Å². The van der Waals surface area contributed by atoms with Crippen LogP contribution >= 0.6 is 0 Å². The van der Waals surface area contributed by atoms with E-state index in [1.807, 2.05) is 0 Å². The van der Waals surface area contributed by atoms with Crippen molar-refractivity contribution in [1.82, 2.24) is 10.2 Å². The van der Waals surface area contributed by atoms with Crippen LogP contribution in [0.2, 0.25) is 0 Å². The number of nitrogens with one attached hydrogen (secondary N) is 1. The first-order chi connectivity index (χ1) is 16.4. The summed E-state index contributed by atoms with van der Waals surface area (Å²) in [6.07, 6.45) is 5.13. The van der Waals surface area contributed by atoms with Crippen molar-refractivity contribution in [2.24, 2.45) is 11.3 Å². The highest BCUT2D eigenvalue weighted by Crippen LogP contribution is 2.48. The zero-order chi connectivity index (χ0) is 23.9. The van der Waals surface area contributed by atoms with E-state index in [2.05, 4.69) is 67.4 Å². The van der Waals surface area contributed by atoms with Gasteiger partial charge < -0.3 is 14.8 Å². The van der Waals surface area contributed by atoms with Gasteiger partial charge in [-0.2, -0.15) is 0 Å². The molecule has 2 bridgehead atoms. The van der Waals surface area contributed by atoms with Crippen molar-refractivity contribution in [3.05, 3.63) is 53.1 Å². The molecule has 3 heterocycles. The SMILES string of the molecule is CCCc1ccc(-c2cc3c(cc2OC)C(NC(=O)O[C@@H]2CN4CCC2CC4)C(C)(C)C3)cc1. The van der Waals surface area contributed by atoms with E-state index in [1.54, 1.807) is 7.11 Å². The first-order valence-electron chi connectivity index (χ1n) is 12.9. The number of aryl methyl sites for hydroxylation is 1. The molecule has 0 aromatic heterocycles. The Kier molecular flexibility index (Phi) is 6.32. The molecule has 2 aromatic rings. The van der Waals surface area contributed by atoms with Gasteiger partial charge in [0.05, 0.1) is 13.2 Å². The molecule has 1 unspecified atom stereocenters. The zero-order valence-electron chi connectivity index (χ0n) is 21.0. The summed E-state index contributed by atoms with van der Waals surface area (Å²) in [6, 6.07) is 13.1. The van der Waals surface area contributed by atoms with E-state index in [-0.39, 0.29) is 23.7 Å². The highest BCUT2D eigenvalue weighted by molar-refractivity contribution is 5.74. The van der Waals surface area contributed by atoms with E-state index in [1.165, 1.54) is 11.1 Å². The highest BCUT2D eigenvalue weighted by Gasteiger charge is 2.42. The molecule has 2 atom stereocenters. The number of rotatable bonds is 6. The molecule has 0 saturated carbocycles. The second kappa shape index (κ2) is 9.26. The molecular formula is C29H38N2O3. The lowest BCUT2D eigenvalue weighted by atomic mass is 9.85. The Labute approximate surface area is 203 Å². The van der Waals surface area contributed by atoms with Gasteiger partial charge in [0.1, 0.15) is 11.9 Å². The van der Waals surface area contributed by atoms with Crippen LogP contribution in [0.4, 0.5) is 4.79 Å². The normalized spacial score (nSPS) is 26.7. The lowest BCUT2D eigenvalue weighted by Gasteiger charge is -2.44. The monoisotopic (exact) mass is 462 g/mol. The van der Waals surface area contributed by atoms with E-state index < -0.39 is 0 Å². The highest BCUT2D eigenvalue weighted by atomic mass is 16.6. The number of nitrogens with zero attached hydrogens (tertiary/aromatic N) is 1. The summed E-state index contributed by atoms with van der Waals surface area (Å²) in [4.78, 5) is 15.4. The molecule has 1 amide bonds. The van der Waals surface area contributed by atoms with Crippen LogP contribution < -0.4 is 10.1 Å². The van der Waals surface area contributed by atoms with Gasteiger partial charge in [-0.1, -0.05) is 51.5 Å². The molecule has 6 rings (SSSR count). The maximum Gasteiger partial charge on any atom is 0.407 e. The van der Waals surface area contributed by atoms with Gasteiger partial charge >= 0.3 is 6.09 Å². The first kappa shape index (κ1) is 23.2. The minimum atomic E-state index is -0.292. The topological polar surface area (TPSA) is 50.8 Å². The summed E-state index contributed by atoms with van der Waals surface area (Å²) in [5, 5.41) is 3.23. The molecule has 3 fully saturated rings. The fraction of sp³-hybridized carbons (Fsp3) is 0.552. The molecule has 1 aliphatic carbocycles. The number of carbonyl (C=O) groups excluding carboxylic acids is 1. The molecule has 0 spiro atoms. The van der Waals surface area contributed by atoms with Crippen LogP contribution in [0.5, 0.6) is 5.75 Å². The molecule has 5 heteroatoms. The number of benzene rings is 2. The van der Waals surface area contributed by atoms with Crippen LogP contribution in [0.25, 0.3) is 11.1 Å². The van der Waals surface area contributed by atoms with Crippen LogP contribution in [-0.2, 0) is 17.6 Å². The Bertz CT molecular complexity index is 1040. The minimum Gasteiger partial charge on any atom is -0.496 e. The third-order valence-electron chi connectivity index (χ3n) is 8.12. The van der Waals surface area contributed by atoms with Crippen LogP contribution in [0.1, 0.15) is 62.8 Å². The number of fused-ring (bicyclic) bond motifs is 4. The third kappa shape index (κ3) is 4.43. The maximum atomic E-state index is 13.0. The van der Waals surface area contributed by atoms with Gasteiger partial charge in [0.15, 0.2) is 0 Å². The number of carbonyl (C=O) groups is 1. The van der Waals surface area contributed by atoms with Crippen molar-refractivity contribution >= 4 is 6.09 Å². The number of amides is 1. The summed E-state index contributed by atoms with van der Waals surface area (Å²) < 4.78 is 11.8. The number of piperidine rings is 3. The van der Waals surface area contributed by atoms with Gasteiger partial charge in [0.25, 0.3) is 0 Å². The molecule has 0 radical (unpaired) electrons. The summed E-state index contributed by atoms with van der Waals surface area (Å²) in [6.45, 7) is 9.79.